The summed E-state index contributed by atoms with van der Waals surface area (Å²) in [6, 6.07) is 15.5. The number of hydrogen-bond donors (Lipinski definition) is 1. The van der Waals surface area contributed by atoms with E-state index in [0.29, 0.717) is 5.56 Å². The van der Waals surface area contributed by atoms with E-state index in [1.807, 2.05) is 32.0 Å². The first-order chi connectivity index (χ1) is 14.4. The molecule has 1 unspecified atom stereocenters. The fourth-order valence-electron chi connectivity index (χ4n) is 3.21. The molecule has 0 aromatic heterocycles. The molecular weight excluding hydrogens is 410 g/mol. The Morgan fingerprint density at radius 3 is 2.06 bits per heavy atom. The topological polar surface area (TPSA) is 90.3 Å². The second-order valence-electron chi connectivity index (χ2n) is 9.06. The van der Waals surface area contributed by atoms with Crippen molar-refractivity contribution in [2.24, 2.45) is 5.92 Å². The highest BCUT2D eigenvalue weighted by molar-refractivity contribution is 7.89. The van der Waals surface area contributed by atoms with Crippen LogP contribution in [0.4, 0.5) is 0 Å². The Kier molecular flexibility index (Phi) is 7.63. The van der Waals surface area contributed by atoms with Gasteiger partial charge in [-0.05, 0) is 46.7 Å². The predicted molar refractivity (Wildman–Crippen MR) is 122 cm³/mol. The lowest BCUT2D eigenvalue weighted by molar-refractivity contribution is -0.122. The Balaban J connectivity index is 2.13. The van der Waals surface area contributed by atoms with Crippen molar-refractivity contribution < 1.29 is 13.2 Å². The number of nitrogens with zero attached hydrogens (tertiary/aromatic N) is 2. The van der Waals surface area contributed by atoms with Gasteiger partial charge in [-0.2, -0.15) is 9.57 Å². The van der Waals surface area contributed by atoms with Crippen LogP contribution in [0, 0.1) is 17.2 Å². The van der Waals surface area contributed by atoms with Gasteiger partial charge in [-0.15, -0.1) is 0 Å². The van der Waals surface area contributed by atoms with E-state index in [2.05, 4.69) is 38.2 Å². The van der Waals surface area contributed by atoms with E-state index in [9.17, 15) is 13.2 Å². The SMILES string of the molecule is CC(C)C(NC(=O)CN(C)S(=O)(=O)c1ccc(C#N)cc1)c1ccc(C(C)(C)C)cc1. The van der Waals surface area contributed by atoms with E-state index >= 15 is 0 Å². The van der Waals surface area contributed by atoms with Crippen molar-refractivity contribution in [2.45, 2.75) is 51.0 Å². The number of likely N-dealkylation sites (N-methyl/N-ethyl adjacent to an activating group) is 1. The van der Waals surface area contributed by atoms with Crippen LogP contribution in [0.1, 0.15) is 57.4 Å². The molecule has 1 atom stereocenters. The maximum Gasteiger partial charge on any atom is 0.243 e. The van der Waals surface area contributed by atoms with E-state index in [4.69, 9.17) is 5.26 Å². The van der Waals surface area contributed by atoms with Gasteiger partial charge < -0.3 is 5.32 Å². The molecule has 7 heteroatoms. The maximum absolute atomic E-state index is 12.8. The number of amides is 1. The largest absolute Gasteiger partial charge is 0.348 e. The first-order valence-electron chi connectivity index (χ1n) is 10.2. The first kappa shape index (κ1) is 24.6. The number of nitriles is 1. The number of nitrogens with one attached hydrogen (secondary N) is 1. The van der Waals surface area contributed by atoms with Crippen LogP contribution in [-0.2, 0) is 20.2 Å². The smallest absolute Gasteiger partial charge is 0.243 e. The zero-order chi connectivity index (χ0) is 23.4. The summed E-state index contributed by atoms with van der Waals surface area (Å²) in [5, 5.41) is 11.8. The van der Waals surface area contributed by atoms with Crippen LogP contribution >= 0.6 is 0 Å². The molecule has 6 nitrogen and oxygen atoms in total. The van der Waals surface area contributed by atoms with E-state index in [0.717, 1.165) is 9.87 Å². The van der Waals surface area contributed by atoms with Crippen molar-refractivity contribution in [2.75, 3.05) is 13.6 Å². The van der Waals surface area contributed by atoms with E-state index in [1.54, 1.807) is 0 Å². The molecular formula is C24H31N3O3S. The van der Waals surface area contributed by atoms with Gasteiger partial charge in [0.2, 0.25) is 15.9 Å². The van der Waals surface area contributed by atoms with Crippen LogP contribution in [0.5, 0.6) is 0 Å². The van der Waals surface area contributed by atoms with Gasteiger partial charge in [0.25, 0.3) is 0 Å². The monoisotopic (exact) mass is 441 g/mol. The maximum atomic E-state index is 12.8. The zero-order valence-corrected chi connectivity index (χ0v) is 19.8. The molecule has 166 valence electrons. The van der Waals surface area contributed by atoms with E-state index < -0.39 is 10.0 Å². The molecule has 1 amide bonds. The highest BCUT2D eigenvalue weighted by Gasteiger charge is 2.25. The van der Waals surface area contributed by atoms with Gasteiger partial charge in [0, 0.05) is 7.05 Å². The lowest BCUT2D eigenvalue weighted by atomic mass is 9.85. The van der Waals surface area contributed by atoms with Gasteiger partial charge in [0.1, 0.15) is 0 Å². The van der Waals surface area contributed by atoms with Gasteiger partial charge in [-0.25, -0.2) is 8.42 Å². The van der Waals surface area contributed by atoms with Crippen molar-refractivity contribution >= 4 is 15.9 Å². The average molecular weight is 442 g/mol. The van der Waals surface area contributed by atoms with E-state index in [1.165, 1.54) is 36.9 Å². The Bertz CT molecular complexity index is 1050. The molecule has 0 spiro atoms. The molecule has 0 aliphatic rings. The summed E-state index contributed by atoms with van der Waals surface area (Å²) in [6.45, 7) is 10.2. The Hall–Kier alpha value is -2.69. The van der Waals surface area contributed by atoms with Crippen LogP contribution in [0.15, 0.2) is 53.4 Å². The van der Waals surface area contributed by atoms with Gasteiger partial charge >= 0.3 is 0 Å². The Labute approximate surface area is 185 Å². The highest BCUT2D eigenvalue weighted by Crippen LogP contribution is 2.27. The third-order valence-corrected chi connectivity index (χ3v) is 6.99. The minimum absolute atomic E-state index is 0.0393. The minimum atomic E-state index is -3.84. The van der Waals surface area contributed by atoms with Crippen molar-refractivity contribution in [1.82, 2.24) is 9.62 Å². The number of hydrogen-bond acceptors (Lipinski definition) is 4. The third-order valence-electron chi connectivity index (χ3n) is 5.18. The van der Waals surface area contributed by atoms with Gasteiger partial charge in [0.05, 0.1) is 29.1 Å². The van der Waals surface area contributed by atoms with Crippen LogP contribution in [0.25, 0.3) is 0 Å². The van der Waals surface area contributed by atoms with Crippen LogP contribution in [0.3, 0.4) is 0 Å². The molecule has 2 aromatic carbocycles. The van der Waals surface area contributed by atoms with Crippen molar-refractivity contribution in [1.29, 1.82) is 5.26 Å². The molecule has 0 heterocycles. The molecule has 31 heavy (non-hydrogen) atoms. The summed E-state index contributed by atoms with van der Waals surface area (Å²) in [6.07, 6.45) is 0. The summed E-state index contributed by atoms with van der Waals surface area (Å²) >= 11 is 0. The first-order valence-corrected chi connectivity index (χ1v) is 11.7. The zero-order valence-electron chi connectivity index (χ0n) is 19.0. The third kappa shape index (κ3) is 6.16. The summed E-state index contributed by atoms with van der Waals surface area (Å²) in [4.78, 5) is 12.7. The lowest BCUT2D eigenvalue weighted by Crippen LogP contribution is -2.41. The minimum Gasteiger partial charge on any atom is -0.348 e. The van der Waals surface area contributed by atoms with Gasteiger partial charge in [-0.3, -0.25) is 4.79 Å². The van der Waals surface area contributed by atoms with Crippen LogP contribution in [-0.4, -0.2) is 32.2 Å². The second-order valence-corrected chi connectivity index (χ2v) is 11.1. The second kappa shape index (κ2) is 9.63. The molecule has 0 saturated heterocycles. The van der Waals surface area contributed by atoms with Crippen LogP contribution in [0.2, 0.25) is 0 Å². The summed E-state index contributed by atoms with van der Waals surface area (Å²) in [5.74, 6) is -0.247. The molecule has 0 fully saturated rings. The average Bonchev–Trinajstić information content (AvgIpc) is 2.71. The quantitative estimate of drug-likeness (QED) is 0.703. The summed E-state index contributed by atoms with van der Waals surface area (Å²) in [7, 11) is -2.47. The molecule has 0 aliphatic heterocycles. The van der Waals surface area contributed by atoms with Crippen LogP contribution < -0.4 is 5.32 Å². The number of carbonyl (C=O) groups is 1. The molecule has 0 aliphatic carbocycles. The van der Waals surface area contributed by atoms with Gasteiger partial charge in [0.15, 0.2) is 0 Å². The molecule has 0 radical (unpaired) electrons. The fourth-order valence-corrected chi connectivity index (χ4v) is 4.34. The molecule has 0 bridgehead atoms. The highest BCUT2D eigenvalue weighted by atomic mass is 32.2. The molecule has 0 saturated carbocycles. The van der Waals surface area contributed by atoms with Crippen molar-refractivity contribution in [3.63, 3.8) is 0 Å². The predicted octanol–water partition coefficient (Wildman–Crippen LogP) is 3.99. The number of sulfonamides is 1. The normalized spacial score (nSPS) is 13.1. The lowest BCUT2D eigenvalue weighted by Gasteiger charge is -2.26. The number of rotatable bonds is 7. The number of carbonyl (C=O) groups excluding carboxylic acids is 1. The Morgan fingerprint density at radius 2 is 1.61 bits per heavy atom. The van der Waals surface area contributed by atoms with Gasteiger partial charge in [-0.1, -0.05) is 58.9 Å². The Morgan fingerprint density at radius 1 is 1.06 bits per heavy atom. The van der Waals surface area contributed by atoms with E-state index in [-0.39, 0.29) is 34.7 Å². The standard InChI is InChI=1S/C24H31N3O3S/c1-17(2)23(19-9-11-20(12-10-19)24(3,4)5)26-22(28)16-27(6)31(29,30)21-13-7-18(15-25)8-14-21/h7-14,17,23H,16H2,1-6H3,(H,26,28). The summed E-state index contributed by atoms with van der Waals surface area (Å²) in [5.41, 5.74) is 2.60. The molecule has 2 aromatic rings. The number of benzene rings is 2. The van der Waals surface area contributed by atoms with Crippen molar-refractivity contribution in [3.05, 3.63) is 65.2 Å². The fraction of sp³-hybridized carbons (Fsp3) is 0.417. The summed E-state index contributed by atoms with van der Waals surface area (Å²) < 4.78 is 26.5. The molecule has 1 N–H and O–H groups in total. The van der Waals surface area contributed by atoms with Crippen molar-refractivity contribution in [3.8, 4) is 6.07 Å². The molecule has 2 rings (SSSR count).